The first-order chi connectivity index (χ1) is 29.1. The molecule has 5 N–H and O–H groups in total. The fraction of sp³-hybridized carbons (Fsp3) is 0.930. The molecule has 0 amide bonds. The minimum absolute atomic E-state index is 0. The van der Waals surface area contributed by atoms with Gasteiger partial charge in [0.25, 0.3) is 0 Å². The molecular formula is C43H82NaO20S-. The quantitative estimate of drug-likeness (QED) is 0.0568. The normalized spacial score (nSPS) is 38.7. The number of rotatable bonds is 9. The molecule has 20 atom stereocenters. The molecule has 0 radical (unpaired) electrons. The second-order valence-corrected chi connectivity index (χ2v) is 18.2. The van der Waals surface area contributed by atoms with Crippen LogP contribution < -0.4 is 34.7 Å². The van der Waals surface area contributed by atoms with Gasteiger partial charge in [0, 0.05) is 38.5 Å². The first-order valence-electron chi connectivity index (χ1n) is 21.5. The smallest absolute Gasteiger partial charge is 0.857 e. The molecule has 0 aromatic rings. The van der Waals surface area contributed by atoms with Crippen molar-refractivity contribution in [2.45, 2.75) is 178 Å². The van der Waals surface area contributed by atoms with E-state index in [1.54, 1.807) is 13.8 Å². The van der Waals surface area contributed by atoms with Crippen molar-refractivity contribution in [2.75, 3.05) is 33.5 Å². The van der Waals surface area contributed by atoms with Gasteiger partial charge in [0.1, 0.15) is 37.6 Å². The van der Waals surface area contributed by atoms with Crippen molar-refractivity contribution >= 4 is 28.3 Å². The van der Waals surface area contributed by atoms with E-state index in [0.29, 0.717) is 30.3 Å². The summed E-state index contributed by atoms with van der Waals surface area (Å²) in [5, 5.41) is 55.1. The molecule has 22 heteroatoms. The molecule has 4 fully saturated rings. The van der Waals surface area contributed by atoms with E-state index in [1.165, 1.54) is 20.8 Å². The zero-order valence-corrected chi connectivity index (χ0v) is 43.5. The van der Waals surface area contributed by atoms with Crippen LogP contribution in [0.4, 0.5) is 0 Å². The molecule has 20 nitrogen and oxygen atoms in total. The fourth-order valence-electron chi connectivity index (χ4n) is 7.35. The summed E-state index contributed by atoms with van der Waals surface area (Å²) in [7, 11) is -4.07. The van der Waals surface area contributed by atoms with Crippen molar-refractivity contribution in [3.8, 4) is 0 Å². The molecule has 4 saturated heterocycles. The summed E-state index contributed by atoms with van der Waals surface area (Å²) in [6.07, 6.45) is -6.73. The van der Waals surface area contributed by atoms with E-state index in [2.05, 4.69) is 45.7 Å². The second kappa shape index (κ2) is 32.6. The molecule has 4 rings (SSSR count). The van der Waals surface area contributed by atoms with Gasteiger partial charge in [-0.05, 0) is 50.4 Å². The molecule has 0 aromatic carbocycles. The number of carbonyl (C=O) groups is 3. The van der Waals surface area contributed by atoms with Crippen LogP contribution in [-0.4, -0.2) is 163 Å². The first kappa shape index (κ1) is 68.1. The van der Waals surface area contributed by atoms with E-state index in [1.807, 2.05) is 20.8 Å². The maximum absolute atomic E-state index is 11.0. The van der Waals surface area contributed by atoms with Crippen molar-refractivity contribution in [1.29, 1.82) is 0 Å². The SMILES string of the molecule is C.CC(=O)OCC1O[C@@H](C)C(C)[C@@H](C)[C@@H]1C.CC(=O)OCC1O[C@@H](OC(C)=O)C(C)[C@@H](C)[C@@H]1C.CC1[C@H](C)OC(CO)[C@@H](O)[C@@H]1O.CC1[C@H](C)OC(COS(=O)(=O)[O-])[C@@H](O)[C@@H]1O.C[O-].[Na+]. The van der Waals surface area contributed by atoms with Crippen LogP contribution in [0.3, 0.4) is 0 Å². The molecule has 0 aliphatic carbocycles. The van der Waals surface area contributed by atoms with E-state index >= 15 is 0 Å². The summed E-state index contributed by atoms with van der Waals surface area (Å²) in [6.45, 7) is 25.8. The monoisotopic (exact) mass is 974 g/mol. The predicted molar refractivity (Wildman–Crippen MR) is 229 cm³/mol. The average Bonchev–Trinajstić information content (AvgIpc) is 3.22. The summed E-state index contributed by atoms with van der Waals surface area (Å²) in [5.74, 6) is 0.995. The van der Waals surface area contributed by atoms with Gasteiger partial charge in [-0.2, -0.15) is 7.11 Å². The van der Waals surface area contributed by atoms with Crippen LogP contribution in [-0.2, 0) is 62.1 Å². The maximum Gasteiger partial charge on any atom is 1.00 e. The Hall–Kier alpha value is -1.12. The van der Waals surface area contributed by atoms with E-state index in [9.17, 15) is 47.8 Å². The van der Waals surface area contributed by atoms with E-state index in [0.717, 1.165) is 7.11 Å². The number of hydrogen-bond acceptors (Lipinski definition) is 20. The van der Waals surface area contributed by atoms with Crippen LogP contribution in [0.1, 0.15) is 104 Å². The summed E-state index contributed by atoms with van der Waals surface area (Å²) in [6, 6.07) is 0. The predicted octanol–water partition coefficient (Wildman–Crippen LogP) is -1.66. The van der Waals surface area contributed by atoms with Gasteiger partial charge in [-0.1, -0.05) is 62.8 Å². The van der Waals surface area contributed by atoms with Gasteiger partial charge in [-0.15, -0.1) is 0 Å². The van der Waals surface area contributed by atoms with Gasteiger partial charge in [-0.3, -0.25) is 18.6 Å². The second-order valence-electron chi connectivity index (χ2n) is 17.1. The molecule has 0 aromatic heterocycles. The molecule has 0 spiro atoms. The van der Waals surface area contributed by atoms with Crippen molar-refractivity contribution in [1.82, 2.24) is 0 Å². The minimum Gasteiger partial charge on any atom is -0.857 e. The summed E-state index contributed by atoms with van der Waals surface area (Å²) in [4.78, 5) is 32.6. The Kier molecular flexibility index (Phi) is 34.2. The molecule has 382 valence electrons. The fourth-order valence-corrected chi connectivity index (χ4v) is 7.65. The zero-order valence-electron chi connectivity index (χ0n) is 40.6. The van der Waals surface area contributed by atoms with E-state index in [4.69, 9.17) is 43.4 Å². The van der Waals surface area contributed by atoms with Crippen LogP contribution >= 0.6 is 0 Å². The van der Waals surface area contributed by atoms with E-state index < -0.39 is 59.9 Å². The Morgan fingerprint density at radius 3 is 1.25 bits per heavy atom. The third-order valence-electron chi connectivity index (χ3n) is 12.9. The van der Waals surface area contributed by atoms with Gasteiger partial charge in [0.05, 0.1) is 55.9 Å². The number of aliphatic hydroxyl groups excluding tert-OH is 5. The van der Waals surface area contributed by atoms with Gasteiger partial charge in [0.2, 0.25) is 16.7 Å². The Morgan fingerprint density at radius 2 is 0.862 bits per heavy atom. The van der Waals surface area contributed by atoms with Crippen LogP contribution in [0.15, 0.2) is 0 Å². The zero-order chi connectivity index (χ0) is 49.3. The molecule has 8 unspecified atom stereocenters. The Balaban J connectivity index is -0.000000776. The summed E-state index contributed by atoms with van der Waals surface area (Å²) in [5.41, 5.74) is 0. The average molecular weight is 974 g/mol. The van der Waals surface area contributed by atoms with Crippen LogP contribution in [0, 0.1) is 47.3 Å². The number of hydrogen-bond donors (Lipinski definition) is 5. The molecule has 65 heavy (non-hydrogen) atoms. The molecule has 0 bridgehead atoms. The summed E-state index contributed by atoms with van der Waals surface area (Å²) >= 11 is 0. The van der Waals surface area contributed by atoms with Crippen LogP contribution in [0.2, 0.25) is 0 Å². The third kappa shape index (κ3) is 22.9. The Morgan fingerprint density at radius 1 is 0.508 bits per heavy atom. The van der Waals surface area contributed by atoms with Crippen molar-refractivity contribution in [3.63, 3.8) is 0 Å². The van der Waals surface area contributed by atoms with Gasteiger partial charge >= 0.3 is 47.5 Å². The van der Waals surface area contributed by atoms with Crippen molar-refractivity contribution in [3.05, 3.63) is 0 Å². The summed E-state index contributed by atoms with van der Waals surface area (Å²) < 4.78 is 71.9. The molecule has 0 saturated carbocycles. The van der Waals surface area contributed by atoms with Gasteiger partial charge in [-0.25, -0.2) is 8.42 Å². The number of carbonyl (C=O) groups excluding carboxylic acids is 3. The van der Waals surface area contributed by atoms with E-state index in [-0.39, 0.29) is 122 Å². The number of esters is 3. The maximum atomic E-state index is 11.0. The topological polar surface area (TPSA) is 306 Å². The minimum atomic E-state index is -4.82. The largest absolute Gasteiger partial charge is 1.00 e. The first-order valence-corrected chi connectivity index (χ1v) is 22.8. The third-order valence-corrected chi connectivity index (χ3v) is 13.3. The molecular weight excluding hydrogens is 892 g/mol. The molecule has 4 heterocycles. The van der Waals surface area contributed by atoms with Crippen molar-refractivity contribution in [2.24, 2.45) is 47.3 Å². The number of aliphatic hydroxyl groups is 5. The van der Waals surface area contributed by atoms with Crippen molar-refractivity contribution < 1.29 is 125 Å². The van der Waals surface area contributed by atoms with Gasteiger partial charge in [0.15, 0.2) is 0 Å². The molecule has 4 aliphatic rings. The van der Waals surface area contributed by atoms with Crippen LogP contribution in [0.5, 0.6) is 0 Å². The Bertz CT molecular complexity index is 1440. The Labute approximate surface area is 409 Å². The molecule has 4 aliphatic heterocycles. The standard InChI is InChI=1S/C13H22O5.C12H22O3.C8H16O7S.C8H16O4.CH3O.CH4.Na/c1-7-8(2)12(6-16-10(4)14)18-13(9(7)3)17-11(5)15;1-7-8(2)10(4)15-12(9(7)3)6-14-11(5)13;1-4-5(2)15-6(8(10)7(4)9)3-14-16(11,12)13;1-4-5(2)12-6(3-9)8(11)7(4)10;1-2;;/h7-9,12-13H,6H2,1-5H3;7-10,12H,6H2,1-5H3;4-10H,3H2,1-2H3,(H,11,12,13);4-11H,3H2,1-2H3;1H3;1H4;/q;;;;-1;;+1/p-1/t7-,8-,9?,12?,13+;7-,8?,9+,10+,12?;2*4?,5-,6?,7+,8+;;;/m0100.../s1. The number of ether oxygens (including phenoxy) is 7. The van der Waals surface area contributed by atoms with Crippen LogP contribution in [0.25, 0.3) is 0 Å². The van der Waals surface area contributed by atoms with Gasteiger partial charge < -0.3 is 68.3 Å².